The predicted octanol–water partition coefficient (Wildman–Crippen LogP) is 3.28. The van der Waals surface area contributed by atoms with Crippen molar-refractivity contribution in [3.63, 3.8) is 0 Å². The maximum Gasteiger partial charge on any atom is 0.534 e. The lowest BCUT2D eigenvalue weighted by atomic mass is 9.63. The van der Waals surface area contributed by atoms with E-state index in [2.05, 4.69) is 9.18 Å². The number of alkyl halides is 3. The Kier molecular flexibility index (Phi) is 2.77. The van der Waals surface area contributed by atoms with Gasteiger partial charge in [0.1, 0.15) is 5.76 Å². The van der Waals surface area contributed by atoms with Gasteiger partial charge in [-0.2, -0.15) is 21.6 Å². The van der Waals surface area contributed by atoms with Crippen molar-refractivity contribution in [2.24, 2.45) is 4.99 Å². The summed E-state index contributed by atoms with van der Waals surface area (Å²) in [6, 6.07) is 2.77. The van der Waals surface area contributed by atoms with Crippen molar-refractivity contribution in [3.05, 3.63) is 58.5 Å². The molecule has 2 aliphatic heterocycles. The highest BCUT2D eigenvalue weighted by atomic mass is 32.2. The van der Waals surface area contributed by atoms with Crippen molar-refractivity contribution in [2.45, 2.75) is 23.8 Å². The molecule has 1 unspecified atom stereocenters. The van der Waals surface area contributed by atoms with E-state index in [0.29, 0.717) is 24.2 Å². The topological polar surface area (TPSA) is 65.0 Å². The monoisotopic (exact) mass is 381 g/mol. The van der Waals surface area contributed by atoms with Crippen molar-refractivity contribution in [2.75, 3.05) is 0 Å². The molecule has 2 heterocycles. The summed E-state index contributed by atoms with van der Waals surface area (Å²) in [7, 11) is -5.79. The molecule has 5 nitrogen and oxygen atoms in total. The van der Waals surface area contributed by atoms with E-state index in [1.54, 1.807) is 24.4 Å². The lowest BCUT2D eigenvalue weighted by molar-refractivity contribution is -0.0500. The summed E-state index contributed by atoms with van der Waals surface area (Å²) in [6.45, 7) is 0. The van der Waals surface area contributed by atoms with Crippen LogP contribution in [0.5, 0.6) is 11.5 Å². The molecule has 1 atom stereocenters. The van der Waals surface area contributed by atoms with Crippen LogP contribution in [0, 0.1) is 0 Å². The molecule has 0 radical (unpaired) electrons. The summed E-state index contributed by atoms with van der Waals surface area (Å²) in [6.07, 6.45) is 8.16. The van der Waals surface area contributed by atoms with Gasteiger partial charge in [-0.1, -0.05) is 18.2 Å². The van der Waals surface area contributed by atoms with E-state index in [4.69, 9.17) is 4.74 Å². The largest absolute Gasteiger partial charge is 0.534 e. The average Bonchev–Trinajstić information content (AvgIpc) is 2.88. The van der Waals surface area contributed by atoms with Crippen LogP contribution in [0.1, 0.15) is 17.5 Å². The molecule has 2 aliphatic carbocycles. The predicted molar refractivity (Wildman–Crippen MR) is 85.4 cm³/mol. The normalized spacial score (nSPS) is 25.0. The molecule has 4 aliphatic rings. The minimum atomic E-state index is -5.79. The summed E-state index contributed by atoms with van der Waals surface area (Å²) >= 11 is 0. The number of hydrogen-bond donors (Lipinski definition) is 0. The summed E-state index contributed by atoms with van der Waals surface area (Å²) in [5.74, 6) is 0.100. The first-order valence-electron chi connectivity index (χ1n) is 7.74. The van der Waals surface area contributed by atoms with E-state index in [9.17, 15) is 21.6 Å². The third-order valence-electron chi connectivity index (χ3n) is 5.03. The Morgan fingerprint density at radius 1 is 1.27 bits per heavy atom. The lowest BCUT2D eigenvalue weighted by Crippen LogP contribution is -2.36. The maximum absolute atomic E-state index is 12.7. The number of nitrogens with zero attached hydrogens (tertiary/aromatic N) is 1. The Balaban J connectivity index is 1.72. The molecule has 0 fully saturated rings. The zero-order valence-corrected chi connectivity index (χ0v) is 13.8. The number of halogens is 3. The molecule has 2 bridgehead atoms. The highest BCUT2D eigenvalue weighted by Gasteiger charge is 2.55. The third-order valence-corrected chi connectivity index (χ3v) is 6.00. The van der Waals surface area contributed by atoms with Crippen LogP contribution in [-0.2, 0) is 22.0 Å². The minimum Gasteiger partial charge on any atom is -0.456 e. The number of rotatable bonds is 2. The third kappa shape index (κ3) is 1.76. The molecule has 1 aromatic carbocycles. The minimum absolute atomic E-state index is 0.0251. The van der Waals surface area contributed by atoms with E-state index in [0.717, 1.165) is 16.8 Å². The number of ether oxygens (including phenoxy) is 1. The SMILES string of the molecule is O=S(=O)(Oc1ccc2c3c1OC1=CC=CC4=C(C2)N=CCC143)C(F)(F)F. The highest BCUT2D eigenvalue weighted by molar-refractivity contribution is 7.88. The Hall–Kier alpha value is -2.55. The first kappa shape index (κ1) is 15.7. The molecule has 26 heavy (non-hydrogen) atoms. The van der Waals surface area contributed by atoms with E-state index in [1.165, 1.54) is 6.07 Å². The highest BCUT2D eigenvalue weighted by Crippen LogP contribution is 2.61. The molecule has 1 aromatic rings. The number of aliphatic imine (C=N–C) groups is 1. The Morgan fingerprint density at radius 3 is 2.85 bits per heavy atom. The van der Waals surface area contributed by atoms with Gasteiger partial charge < -0.3 is 8.92 Å². The molecule has 5 rings (SSSR count). The van der Waals surface area contributed by atoms with Gasteiger partial charge in [-0.3, -0.25) is 4.99 Å². The summed E-state index contributed by atoms with van der Waals surface area (Å²) in [5, 5.41) is 0. The Labute approximate surface area is 146 Å². The zero-order chi connectivity index (χ0) is 18.3. The molecule has 0 N–H and O–H groups in total. The van der Waals surface area contributed by atoms with Gasteiger partial charge in [-0.05, 0) is 23.3 Å². The van der Waals surface area contributed by atoms with Gasteiger partial charge in [0.2, 0.25) is 0 Å². The van der Waals surface area contributed by atoms with Crippen LogP contribution >= 0.6 is 0 Å². The first-order chi connectivity index (χ1) is 12.2. The number of allylic oxidation sites excluding steroid dienone is 5. The van der Waals surface area contributed by atoms with Crippen LogP contribution in [0.15, 0.2) is 52.4 Å². The van der Waals surface area contributed by atoms with Gasteiger partial charge in [-0.15, -0.1) is 0 Å². The van der Waals surface area contributed by atoms with Crippen LogP contribution in [0.2, 0.25) is 0 Å². The molecule has 9 heteroatoms. The van der Waals surface area contributed by atoms with Crippen LogP contribution in [0.3, 0.4) is 0 Å². The summed E-state index contributed by atoms with van der Waals surface area (Å²) in [4.78, 5) is 4.44. The number of benzene rings is 1. The maximum atomic E-state index is 12.7. The second-order valence-corrected chi connectivity index (χ2v) is 7.90. The van der Waals surface area contributed by atoms with Crippen LogP contribution in [0.4, 0.5) is 13.2 Å². The second kappa shape index (κ2) is 4.59. The van der Waals surface area contributed by atoms with Crippen LogP contribution < -0.4 is 8.92 Å². The van der Waals surface area contributed by atoms with Crippen molar-refractivity contribution in [1.82, 2.24) is 0 Å². The average molecular weight is 381 g/mol. The number of hydrogen-bond acceptors (Lipinski definition) is 5. The van der Waals surface area contributed by atoms with E-state index < -0.39 is 26.8 Å². The van der Waals surface area contributed by atoms with Crippen molar-refractivity contribution < 1.29 is 30.5 Å². The Morgan fingerprint density at radius 2 is 2.08 bits per heavy atom. The van der Waals surface area contributed by atoms with Gasteiger partial charge in [0, 0.05) is 30.3 Å². The molecule has 0 saturated carbocycles. The Bertz CT molecular complexity index is 1100. The molecular weight excluding hydrogens is 371 g/mol. The van der Waals surface area contributed by atoms with Crippen molar-refractivity contribution in [1.29, 1.82) is 0 Å². The van der Waals surface area contributed by atoms with Crippen LogP contribution in [-0.4, -0.2) is 20.1 Å². The first-order valence-corrected chi connectivity index (χ1v) is 9.15. The van der Waals surface area contributed by atoms with Crippen molar-refractivity contribution >= 4 is 16.3 Å². The molecule has 0 saturated heterocycles. The van der Waals surface area contributed by atoms with Gasteiger partial charge in [0.15, 0.2) is 11.5 Å². The molecule has 0 amide bonds. The van der Waals surface area contributed by atoms with Gasteiger partial charge >= 0.3 is 15.6 Å². The lowest BCUT2D eigenvalue weighted by Gasteiger charge is -2.39. The van der Waals surface area contributed by atoms with Crippen molar-refractivity contribution in [3.8, 4) is 11.5 Å². The van der Waals surface area contributed by atoms with Gasteiger partial charge in [-0.25, -0.2) is 0 Å². The molecule has 0 aromatic heterocycles. The van der Waals surface area contributed by atoms with E-state index in [1.807, 2.05) is 6.08 Å². The fourth-order valence-corrected chi connectivity index (χ4v) is 4.49. The van der Waals surface area contributed by atoms with Gasteiger partial charge in [0.05, 0.1) is 5.41 Å². The molecule has 1 spiro atoms. The summed E-state index contributed by atoms with van der Waals surface area (Å²) < 4.78 is 71.3. The second-order valence-electron chi connectivity index (χ2n) is 6.36. The standard InChI is InChI=1S/C17H10F3NO4S/c18-17(19,20)26(22,23)25-12-5-4-9-8-11-10-2-1-3-13-16(10,6-7-21-11)14(9)15(12)24-13/h1-5,7H,6,8H2. The van der Waals surface area contributed by atoms with E-state index >= 15 is 0 Å². The molecule has 134 valence electrons. The van der Waals surface area contributed by atoms with E-state index in [-0.39, 0.29) is 5.75 Å². The fourth-order valence-electron chi connectivity index (χ4n) is 4.03. The summed E-state index contributed by atoms with van der Waals surface area (Å²) in [5.41, 5.74) is -2.89. The molecular formula is C17H10F3NO4S. The fraction of sp³-hybridized carbons (Fsp3) is 0.235. The van der Waals surface area contributed by atoms with Crippen LogP contribution in [0.25, 0.3) is 0 Å². The smallest absolute Gasteiger partial charge is 0.456 e. The zero-order valence-electron chi connectivity index (χ0n) is 13.0. The van der Waals surface area contributed by atoms with Gasteiger partial charge in [0.25, 0.3) is 0 Å². The quantitative estimate of drug-likeness (QED) is 0.583.